The molecule has 4 nitrogen and oxygen atoms in total. The minimum Gasteiger partial charge on any atom is -0.469 e. The van der Waals surface area contributed by atoms with E-state index in [0.29, 0.717) is 12.8 Å². The molecule has 1 atom stereocenters. The van der Waals surface area contributed by atoms with Crippen molar-refractivity contribution in [3.8, 4) is 0 Å². The van der Waals surface area contributed by atoms with Crippen LogP contribution in [0.5, 0.6) is 0 Å². The number of aliphatic hydroxyl groups is 1. The second kappa shape index (κ2) is 5.70. The van der Waals surface area contributed by atoms with Crippen LogP contribution in [-0.2, 0) is 11.2 Å². The average Bonchev–Trinajstić information content (AvgIpc) is 2.67. The highest BCUT2D eigenvalue weighted by Gasteiger charge is 2.22. The van der Waals surface area contributed by atoms with Crippen molar-refractivity contribution >= 4 is 5.91 Å². The number of nitrogens with one attached hydrogen (secondary N) is 1. The first-order chi connectivity index (χ1) is 7.53. The SMILES string of the molecule is CCCC(=O)NCC(C)(O)Cc1ccco1. The summed E-state index contributed by atoms with van der Waals surface area (Å²) in [5.74, 6) is 0.692. The van der Waals surface area contributed by atoms with E-state index in [2.05, 4.69) is 5.32 Å². The lowest BCUT2D eigenvalue weighted by Crippen LogP contribution is -2.42. The maximum atomic E-state index is 11.2. The fourth-order valence-corrected chi connectivity index (χ4v) is 1.46. The van der Waals surface area contributed by atoms with Crippen LogP contribution in [0.1, 0.15) is 32.4 Å². The monoisotopic (exact) mass is 225 g/mol. The highest BCUT2D eigenvalue weighted by molar-refractivity contribution is 5.75. The summed E-state index contributed by atoms with van der Waals surface area (Å²) >= 11 is 0. The Labute approximate surface area is 95.7 Å². The number of rotatable bonds is 6. The largest absolute Gasteiger partial charge is 0.469 e. The van der Waals surface area contributed by atoms with Gasteiger partial charge in [-0.1, -0.05) is 6.92 Å². The van der Waals surface area contributed by atoms with Gasteiger partial charge in [0.05, 0.1) is 11.9 Å². The highest BCUT2D eigenvalue weighted by Crippen LogP contribution is 2.12. The molecule has 1 aromatic rings. The minimum absolute atomic E-state index is 0.0257. The van der Waals surface area contributed by atoms with Gasteiger partial charge in [0.2, 0.25) is 5.91 Å². The third-order valence-corrected chi connectivity index (χ3v) is 2.28. The first kappa shape index (κ1) is 12.8. The summed E-state index contributed by atoms with van der Waals surface area (Å²) in [6.07, 6.45) is 3.27. The van der Waals surface area contributed by atoms with E-state index in [4.69, 9.17) is 4.42 Å². The molecule has 1 aromatic heterocycles. The van der Waals surface area contributed by atoms with Gasteiger partial charge in [0.25, 0.3) is 0 Å². The zero-order chi connectivity index (χ0) is 12.0. The van der Waals surface area contributed by atoms with Gasteiger partial charge >= 0.3 is 0 Å². The lowest BCUT2D eigenvalue weighted by molar-refractivity contribution is -0.122. The molecule has 1 rings (SSSR count). The van der Waals surface area contributed by atoms with Crippen LogP contribution >= 0.6 is 0 Å². The Kier molecular flexibility index (Phi) is 4.55. The molecule has 1 unspecified atom stereocenters. The molecular weight excluding hydrogens is 206 g/mol. The Morgan fingerprint density at radius 1 is 1.62 bits per heavy atom. The second-order valence-corrected chi connectivity index (χ2v) is 4.28. The summed E-state index contributed by atoms with van der Waals surface area (Å²) in [4.78, 5) is 11.2. The van der Waals surface area contributed by atoms with Gasteiger partial charge in [-0.25, -0.2) is 0 Å². The molecular formula is C12H19NO3. The van der Waals surface area contributed by atoms with Gasteiger partial charge in [-0.2, -0.15) is 0 Å². The van der Waals surface area contributed by atoms with Crippen molar-refractivity contribution in [1.82, 2.24) is 5.32 Å². The molecule has 0 saturated heterocycles. The van der Waals surface area contributed by atoms with E-state index in [1.807, 2.05) is 13.0 Å². The average molecular weight is 225 g/mol. The van der Waals surface area contributed by atoms with E-state index >= 15 is 0 Å². The number of furan rings is 1. The number of hydrogen-bond donors (Lipinski definition) is 2. The second-order valence-electron chi connectivity index (χ2n) is 4.28. The van der Waals surface area contributed by atoms with Crippen LogP contribution in [-0.4, -0.2) is 23.2 Å². The molecule has 16 heavy (non-hydrogen) atoms. The summed E-state index contributed by atoms with van der Waals surface area (Å²) in [5, 5.41) is 12.7. The maximum Gasteiger partial charge on any atom is 0.220 e. The van der Waals surface area contributed by atoms with Crippen molar-refractivity contribution in [1.29, 1.82) is 0 Å². The van der Waals surface area contributed by atoms with Gasteiger partial charge in [-0.05, 0) is 25.5 Å². The van der Waals surface area contributed by atoms with Gasteiger partial charge in [0, 0.05) is 19.4 Å². The summed E-state index contributed by atoms with van der Waals surface area (Å²) in [7, 11) is 0. The smallest absolute Gasteiger partial charge is 0.220 e. The van der Waals surface area contributed by atoms with Crippen LogP contribution in [0.15, 0.2) is 22.8 Å². The van der Waals surface area contributed by atoms with Crippen molar-refractivity contribution < 1.29 is 14.3 Å². The lowest BCUT2D eigenvalue weighted by atomic mass is 10.0. The van der Waals surface area contributed by atoms with Crippen molar-refractivity contribution in [3.63, 3.8) is 0 Å². The van der Waals surface area contributed by atoms with Crippen LogP contribution in [0.4, 0.5) is 0 Å². The van der Waals surface area contributed by atoms with Gasteiger partial charge in [-0.15, -0.1) is 0 Å². The Bertz CT molecular complexity index is 317. The Morgan fingerprint density at radius 2 is 2.38 bits per heavy atom. The summed E-state index contributed by atoms with van der Waals surface area (Å²) < 4.78 is 5.15. The summed E-state index contributed by atoms with van der Waals surface area (Å²) in [6, 6.07) is 3.59. The molecule has 0 spiro atoms. The molecule has 90 valence electrons. The number of carbonyl (C=O) groups is 1. The molecule has 1 heterocycles. The predicted molar refractivity (Wildman–Crippen MR) is 61.0 cm³/mol. The number of hydrogen-bond acceptors (Lipinski definition) is 3. The van der Waals surface area contributed by atoms with Crippen LogP contribution in [0.3, 0.4) is 0 Å². The fourth-order valence-electron chi connectivity index (χ4n) is 1.46. The van der Waals surface area contributed by atoms with Crippen LogP contribution in [0.25, 0.3) is 0 Å². The minimum atomic E-state index is -0.971. The quantitative estimate of drug-likeness (QED) is 0.771. The fraction of sp³-hybridized carbons (Fsp3) is 0.583. The Morgan fingerprint density at radius 3 is 2.94 bits per heavy atom. The standard InChI is InChI=1S/C12H19NO3/c1-3-5-11(14)13-9-12(2,15)8-10-6-4-7-16-10/h4,6-7,15H,3,5,8-9H2,1-2H3,(H,13,14). The van der Waals surface area contributed by atoms with Crippen molar-refractivity contribution in [2.24, 2.45) is 0 Å². The van der Waals surface area contributed by atoms with Crippen LogP contribution in [0.2, 0.25) is 0 Å². The molecule has 0 radical (unpaired) electrons. The predicted octanol–water partition coefficient (Wildman–Crippen LogP) is 1.49. The van der Waals surface area contributed by atoms with E-state index in [1.165, 1.54) is 0 Å². The molecule has 0 fully saturated rings. The number of amides is 1. The Balaban J connectivity index is 2.36. The highest BCUT2D eigenvalue weighted by atomic mass is 16.3. The zero-order valence-corrected chi connectivity index (χ0v) is 9.82. The van der Waals surface area contributed by atoms with E-state index in [0.717, 1.165) is 12.2 Å². The van der Waals surface area contributed by atoms with Gasteiger partial charge < -0.3 is 14.8 Å². The maximum absolute atomic E-state index is 11.2. The first-order valence-corrected chi connectivity index (χ1v) is 5.55. The van der Waals surface area contributed by atoms with E-state index in [9.17, 15) is 9.90 Å². The molecule has 4 heteroatoms. The van der Waals surface area contributed by atoms with Crippen LogP contribution < -0.4 is 5.32 Å². The first-order valence-electron chi connectivity index (χ1n) is 5.55. The molecule has 0 aliphatic rings. The Hall–Kier alpha value is -1.29. The van der Waals surface area contributed by atoms with Gasteiger partial charge in [0.15, 0.2) is 0 Å². The van der Waals surface area contributed by atoms with E-state index < -0.39 is 5.60 Å². The van der Waals surface area contributed by atoms with Crippen LogP contribution in [0, 0.1) is 0 Å². The van der Waals surface area contributed by atoms with Crippen molar-refractivity contribution in [2.75, 3.05) is 6.54 Å². The van der Waals surface area contributed by atoms with E-state index in [1.54, 1.807) is 19.3 Å². The summed E-state index contributed by atoms with van der Waals surface area (Å²) in [5.41, 5.74) is -0.971. The molecule has 1 amide bonds. The van der Waals surface area contributed by atoms with E-state index in [-0.39, 0.29) is 12.5 Å². The molecule has 0 aliphatic carbocycles. The molecule has 2 N–H and O–H groups in total. The number of carbonyl (C=O) groups excluding carboxylic acids is 1. The van der Waals surface area contributed by atoms with Gasteiger partial charge in [-0.3, -0.25) is 4.79 Å². The third-order valence-electron chi connectivity index (χ3n) is 2.28. The normalized spacial score (nSPS) is 14.4. The molecule has 0 bridgehead atoms. The van der Waals surface area contributed by atoms with Crippen molar-refractivity contribution in [3.05, 3.63) is 24.2 Å². The molecule has 0 saturated carbocycles. The van der Waals surface area contributed by atoms with Gasteiger partial charge in [0.1, 0.15) is 5.76 Å². The summed E-state index contributed by atoms with van der Waals surface area (Å²) in [6.45, 7) is 3.87. The zero-order valence-electron chi connectivity index (χ0n) is 9.82. The topological polar surface area (TPSA) is 62.5 Å². The molecule has 0 aromatic carbocycles. The molecule has 0 aliphatic heterocycles. The van der Waals surface area contributed by atoms with Crippen molar-refractivity contribution in [2.45, 2.75) is 38.7 Å². The third kappa shape index (κ3) is 4.49. The lowest BCUT2D eigenvalue weighted by Gasteiger charge is -2.22.